The van der Waals surface area contributed by atoms with E-state index >= 15 is 0 Å². The zero-order valence-electron chi connectivity index (χ0n) is 11.6. The highest BCUT2D eigenvalue weighted by molar-refractivity contribution is 7.16. The van der Waals surface area contributed by atoms with Crippen LogP contribution in [0, 0.1) is 0 Å². The monoisotopic (exact) mass is 322 g/mol. The number of aromatic amines is 1. The molecule has 1 unspecified atom stereocenters. The number of aromatic nitrogens is 4. The minimum Gasteiger partial charge on any atom is -0.361 e. The molecule has 0 spiro atoms. The van der Waals surface area contributed by atoms with Crippen LogP contribution >= 0.6 is 22.9 Å². The maximum atomic E-state index is 5.99. The number of thiophene rings is 1. The number of nitrogens with one attached hydrogen (secondary N) is 3. The fraction of sp³-hybridized carbons (Fsp3) is 0.308. The van der Waals surface area contributed by atoms with Gasteiger partial charge in [0, 0.05) is 11.4 Å². The van der Waals surface area contributed by atoms with Gasteiger partial charge in [-0.05, 0) is 26.0 Å². The van der Waals surface area contributed by atoms with Crippen LogP contribution in [0.15, 0.2) is 18.5 Å². The summed E-state index contributed by atoms with van der Waals surface area (Å²) in [7, 11) is 0. The van der Waals surface area contributed by atoms with E-state index in [2.05, 4.69) is 37.5 Å². The van der Waals surface area contributed by atoms with Crippen molar-refractivity contribution in [1.82, 2.24) is 19.9 Å². The van der Waals surface area contributed by atoms with Gasteiger partial charge in [0.05, 0.1) is 16.7 Å². The molecule has 0 aliphatic heterocycles. The lowest BCUT2D eigenvalue weighted by Gasteiger charge is -2.14. The number of halogens is 1. The van der Waals surface area contributed by atoms with Crippen molar-refractivity contribution in [1.29, 1.82) is 0 Å². The van der Waals surface area contributed by atoms with E-state index in [1.54, 1.807) is 17.7 Å². The van der Waals surface area contributed by atoms with Gasteiger partial charge in [0.15, 0.2) is 11.5 Å². The molecule has 0 bridgehead atoms. The third-order valence-electron chi connectivity index (χ3n) is 2.99. The smallest absolute Gasteiger partial charge is 0.226 e. The molecular formula is C13H15ClN6S. The molecule has 8 heteroatoms. The van der Waals surface area contributed by atoms with E-state index in [0.717, 1.165) is 27.1 Å². The van der Waals surface area contributed by atoms with Crippen molar-refractivity contribution >= 4 is 45.9 Å². The van der Waals surface area contributed by atoms with Crippen LogP contribution in [-0.4, -0.2) is 26.5 Å². The van der Waals surface area contributed by atoms with Gasteiger partial charge in [-0.2, -0.15) is 9.97 Å². The van der Waals surface area contributed by atoms with E-state index in [9.17, 15) is 0 Å². The van der Waals surface area contributed by atoms with Crippen LogP contribution in [0.1, 0.15) is 24.8 Å². The van der Waals surface area contributed by atoms with Gasteiger partial charge in [-0.1, -0.05) is 11.6 Å². The first-order valence-corrected chi connectivity index (χ1v) is 7.83. The first-order chi connectivity index (χ1) is 10.2. The van der Waals surface area contributed by atoms with E-state index in [0.29, 0.717) is 11.6 Å². The molecule has 0 aliphatic carbocycles. The Morgan fingerprint density at radius 2 is 2.24 bits per heavy atom. The summed E-state index contributed by atoms with van der Waals surface area (Å²) in [6.07, 6.45) is 1.62. The highest BCUT2D eigenvalue weighted by atomic mass is 35.5. The number of imidazole rings is 1. The molecule has 3 heterocycles. The van der Waals surface area contributed by atoms with E-state index in [4.69, 9.17) is 11.6 Å². The summed E-state index contributed by atoms with van der Waals surface area (Å²) >= 11 is 7.55. The topological polar surface area (TPSA) is 78.5 Å². The lowest BCUT2D eigenvalue weighted by atomic mass is 10.2. The van der Waals surface area contributed by atoms with Crippen LogP contribution in [0.4, 0.5) is 11.8 Å². The largest absolute Gasteiger partial charge is 0.361 e. The number of fused-ring (bicyclic) bond motifs is 1. The van der Waals surface area contributed by atoms with Crippen molar-refractivity contribution in [2.24, 2.45) is 0 Å². The van der Waals surface area contributed by atoms with E-state index < -0.39 is 0 Å². The van der Waals surface area contributed by atoms with Gasteiger partial charge in [-0.15, -0.1) is 11.3 Å². The van der Waals surface area contributed by atoms with Gasteiger partial charge in [-0.25, -0.2) is 4.98 Å². The number of anilines is 2. The minimum atomic E-state index is 0.0957. The molecule has 1 atom stereocenters. The molecule has 0 saturated carbocycles. The Kier molecular flexibility index (Phi) is 3.94. The second kappa shape index (κ2) is 5.87. The first kappa shape index (κ1) is 14.1. The maximum absolute atomic E-state index is 5.99. The molecule has 0 aliphatic rings. The Bertz CT molecular complexity index is 752. The van der Waals surface area contributed by atoms with Gasteiger partial charge < -0.3 is 15.6 Å². The minimum absolute atomic E-state index is 0.0957. The zero-order valence-corrected chi connectivity index (χ0v) is 13.2. The Labute approximate surface area is 131 Å². The van der Waals surface area contributed by atoms with Crippen LogP contribution in [0.2, 0.25) is 4.34 Å². The van der Waals surface area contributed by atoms with E-state index in [1.165, 1.54) is 0 Å². The van der Waals surface area contributed by atoms with Crippen molar-refractivity contribution in [3.05, 3.63) is 27.7 Å². The zero-order chi connectivity index (χ0) is 14.8. The van der Waals surface area contributed by atoms with Crippen LogP contribution in [0.5, 0.6) is 0 Å². The summed E-state index contributed by atoms with van der Waals surface area (Å²) in [5.41, 5.74) is 1.44. The fourth-order valence-electron chi connectivity index (χ4n) is 2.01. The fourth-order valence-corrected chi connectivity index (χ4v) is 3.08. The van der Waals surface area contributed by atoms with Crippen LogP contribution in [0.3, 0.4) is 0 Å². The average Bonchev–Trinajstić information content (AvgIpc) is 3.07. The van der Waals surface area contributed by atoms with Gasteiger partial charge in [-0.3, -0.25) is 0 Å². The summed E-state index contributed by atoms with van der Waals surface area (Å²) in [5, 5.41) is 6.50. The van der Waals surface area contributed by atoms with Crippen LogP contribution in [-0.2, 0) is 0 Å². The molecule has 0 fully saturated rings. The molecule has 110 valence electrons. The Balaban J connectivity index is 1.93. The first-order valence-electron chi connectivity index (χ1n) is 6.64. The van der Waals surface area contributed by atoms with Crippen molar-refractivity contribution in [2.45, 2.75) is 19.9 Å². The molecule has 0 radical (unpaired) electrons. The molecule has 6 nitrogen and oxygen atoms in total. The van der Waals surface area contributed by atoms with Crippen molar-refractivity contribution in [3.63, 3.8) is 0 Å². The summed E-state index contributed by atoms with van der Waals surface area (Å²) < 4.78 is 0.779. The second-order valence-corrected chi connectivity index (χ2v) is 6.28. The van der Waals surface area contributed by atoms with Crippen molar-refractivity contribution < 1.29 is 0 Å². The van der Waals surface area contributed by atoms with Gasteiger partial charge in [0.1, 0.15) is 5.52 Å². The number of hydrogen-bond donors (Lipinski definition) is 3. The lowest BCUT2D eigenvalue weighted by Crippen LogP contribution is -2.10. The Morgan fingerprint density at radius 3 is 2.95 bits per heavy atom. The summed E-state index contributed by atoms with van der Waals surface area (Å²) in [4.78, 5) is 17.3. The normalized spacial score (nSPS) is 12.5. The third-order valence-corrected chi connectivity index (χ3v) is 4.41. The average molecular weight is 323 g/mol. The summed E-state index contributed by atoms with van der Waals surface area (Å²) in [6.45, 7) is 4.83. The highest BCUT2D eigenvalue weighted by Gasteiger charge is 2.14. The standard InChI is InChI=1S/C13H15ClN6S/c1-3-15-13-19-11-10(16-6-17-11)12(20-13)18-7(2)8-4-5-9(14)21-8/h4-7H,3H2,1-2H3,(H3,15,16,17,18,19,20). The SMILES string of the molecule is CCNc1nc(NC(C)c2ccc(Cl)s2)c2[nH]cnc2n1. The number of rotatable bonds is 5. The predicted molar refractivity (Wildman–Crippen MR) is 87.2 cm³/mol. The molecule has 0 amide bonds. The molecule has 3 N–H and O–H groups in total. The Morgan fingerprint density at radius 1 is 1.38 bits per heavy atom. The van der Waals surface area contributed by atoms with Crippen molar-refractivity contribution in [2.75, 3.05) is 17.2 Å². The van der Waals surface area contributed by atoms with Gasteiger partial charge in [0.25, 0.3) is 0 Å². The Hall–Kier alpha value is -1.86. The van der Waals surface area contributed by atoms with Gasteiger partial charge >= 0.3 is 0 Å². The summed E-state index contributed by atoms with van der Waals surface area (Å²) in [6, 6.07) is 4.01. The van der Waals surface area contributed by atoms with Gasteiger partial charge in [0.2, 0.25) is 5.95 Å². The lowest BCUT2D eigenvalue weighted by molar-refractivity contribution is 0.896. The second-order valence-electron chi connectivity index (χ2n) is 4.54. The number of nitrogens with zero attached hydrogens (tertiary/aromatic N) is 3. The van der Waals surface area contributed by atoms with E-state index in [1.807, 2.05) is 19.1 Å². The molecule has 21 heavy (non-hydrogen) atoms. The molecular weight excluding hydrogens is 308 g/mol. The number of hydrogen-bond acceptors (Lipinski definition) is 6. The molecule has 3 rings (SSSR count). The molecule has 3 aromatic heterocycles. The molecule has 3 aromatic rings. The highest BCUT2D eigenvalue weighted by Crippen LogP contribution is 2.30. The number of H-pyrrole nitrogens is 1. The maximum Gasteiger partial charge on any atom is 0.226 e. The third kappa shape index (κ3) is 2.93. The molecule has 0 saturated heterocycles. The van der Waals surface area contributed by atoms with Crippen LogP contribution < -0.4 is 10.6 Å². The quantitative estimate of drug-likeness (QED) is 0.668. The predicted octanol–water partition coefficient (Wildman–Crippen LogP) is 3.67. The van der Waals surface area contributed by atoms with E-state index in [-0.39, 0.29) is 6.04 Å². The molecule has 0 aromatic carbocycles. The van der Waals surface area contributed by atoms with Crippen molar-refractivity contribution in [3.8, 4) is 0 Å². The summed E-state index contributed by atoms with van der Waals surface area (Å²) in [5.74, 6) is 1.29. The van der Waals surface area contributed by atoms with Crippen LogP contribution in [0.25, 0.3) is 11.2 Å².